The Hall–Kier alpha value is -0.0800. The van der Waals surface area contributed by atoms with Gasteiger partial charge in [0, 0.05) is 19.1 Å². The average Bonchev–Trinajstić information content (AvgIpc) is 2.46. The summed E-state index contributed by atoms with van der Waals surface area (Å²) in [6.45, 7) is 4.82. The van der Waals surface area contributed by atoms with E-state index in [4.69, 9.17) is 0 Å². The Morgan fingerprint density at radius 1 is 1.75 bits per heavy atom. The lowest BCUT2D eigenvalue weighted by Gasteiger charge is -2.09. The Morgan fingerprint density at radius 3 is 2.88 bits per heavy atom. The third-order valence-corrected chi connectivity index (χ3v) is 2.13. The van der Waals surface area contributed by atoms with Gasteiger partial charge in [-0.3, -0.25) is 4.90 Å². The number of nitrogens with zero attached hydrogens (tertiary/aromatic N) is 1. The molecule has 3 atom stereocenters. The van der Waals surface area contributed by atoms with Crippen molar-refractivity contribution in [1.82, 2.24) is 10.2 Å². The Balaban J connectivity index is 1.97. The highest BCUT2D eigenvalue weighted by Crippen LogP contribution is 2.26. The van der Waals surface area contributed by atoms with Crippen molar-refractivity contribution in [2.75, 3.05) is 13.1 Å². The van der Waals surface area contributed by atoms with E-state index < -0.39 is 0 Å². The van der Waals surface area contributed by atoms with Gasteiger partial charge in [0.25, 0.3) is 0 Å². The zero-order valence-corrected chi connectivity index (χ0v) is 5.22. The largest absolute Gasteiger partial charge is 0.300 e. The highest BCUT2D eigenvalue weighted by molar-refractivity contribution is 5.00. The van der Waals surface area contributed by atoms with Gasteiger partial charge in [-0.05, 0) is 6.42 Å². The predicted molar refractivity (Wildman–Crippen MR) is 32.6 cm³/mol. The summed E-state index contributed by atoms with van der Waals surface area (Å²) in [5, 5.41) is 3.43. The lowest BCUT2D eigenvalue weighted by Crippen LogP contribution is -2.29. The topological polar surface area (TPSA) is 15.0 Å². The maximum atomic E-state index is 3.43. The molecule has 0 radical (unpaired) electrons. The summed E-state index contributed by atoms with van der Waals surface area (Å²) in [6.07, 6.45) is 1.98. The summed E-state index contributed by atoms with van der Waals surface area (Å²) in [5.74, 6) is 0. The Kier molecular flexibility index (Phi) is 0.866. The van der Waals surface area contributed by atoms with Crippen molar-refractivity contribution in [1.29, 1.82) is 0 Å². The minimum Gasteiger partial charge on any atom is -0.300 e. The molecule has 2 fully saturated rings. The van der Waals surface area contributed by atoms with Crippen molar-refractivity contribution < 1.29 is 0 Å². The summed E-state index contributed by atoms with van der Waals surface area (Å²) in [5.41, 5.74) is 0. The molecule has 0 aromatic heterocycles. The van der Waals surface area contributed by atoms with Crippen LogP contribution in [0.2, 0.25) is 0 Å². The van der Waals surface area contributed by atoms with Crippen LogP contribution in [0, 0.1) is 0 Å². The Morgan fingerprint density at radius 2 is 2.62 bits per heavy atom. The SMILES string of the molecule is CCC1NCC2CN21. The minimum atomic E-state index is 0.722. The molecule has 2 aliphatic heterocycles. The van der Waals surface area contributed by atoms with E-state index in [1.165, 1.54) is 19.5 Å². The van der Waals surface area contributed by atoms with Gasteiger partial charge in [-0.2, -0.15) is 0 Å². The molecule has 46 valence electrons. The second-order valence-corrected chi connectivity index (χ2v) is 2.68. The lowest BCUT2D eigenvalue weighted by molar-refractivity contribution is 0.379. The monoisotopic (exact) mass is 112 g/mol. The molecule has 2 heterocycles. The van der Waals surface area contributed by atoms with Gasteiger partial charge < -0.3 is 5.32 Å². The van der Waals surface area contributed by atoms with Crippen molar-refractivity contribution in [3.8, 4) is 0 Å². The second-order valence-electron chi connectivity index (χ2n) is 2.68. The van der Waals surface area contributed by atoms with Gasteiger partial charge in [0.1, 0.15) is 0 Å². The Labute approximate surface area is 49.9 Å². The molecule has 3 unspecified atom stereocenters. The molecular formula is C6H12N2. The smallest absolute Gasteiger partial charge is 0.0599 e. The summed E-state index contributed by atoms with van der Waals surface area (Å²) in [4.78, 5) is 2.51. The van der Waals surface area contributed by atoms with Crippen LogP contribution in [0.25, 0.3) is 0 Å². The van der Waals surface area contributed by atoms with E-state index >= 15 is 0 Å². The van der Waals surface area contributed by atoms with E-state index in [2.05, 4.69) is 17.1 Å². The fourth-order valence-electron chi connectivity index (χ4n) is 1.53. The minimum absolute atomic E-state index is 0.722. The van der Waals surface area contributed by atoms with Crippen molar-refractivity contribution >= 4 is 0 Å². The van der Waals surface area contributed by atoms with Gasteiger partial charge in [-0.1, -0.05) is 6.92 Å². The molecule has 2 nitrogen and oxygen atoms in total. The van der Waals surface area contributed by atoms with E-state index in [1.54, 1.807) is 0 Å². The summed E-state index contributed by atoms with van der Waals surface area (Å²) in [6, 6.07) is 0.917. The van der Waals surface area contributed by atoms with Crippen LogP contribution in [0.4, 0.5) is 0 Å². The first-order chi connectivity index (χ1) is 3.92. The number of hydrogen-bond acceptors (Lipinski definition) is 2. The highest BCUT2D eigenvalue weighted by atomic mass is 15.5. The summed E-state index contributed by atoms with van der Waals surface area (Å²) < 4.78 is 0. The highest BCUT2D eigenvalue weighted by Gasteiger charge is 2.43. The van der Waals surface area contributed by atoms with E-state index in [1.807, 2.05) is 0 Å². The first-order valence-electron chi connectivity index (χ1n) is 3.41. The van der Waals surface area contributed by atoms with Crippen molar-refractivity contribution in [2.45, 2.75) is 25.6 Å². The van der Waals surface area contributed by atoms with Gasteiger partial charge in [0.15, 0.2) is 0 Å². The molecule has 2 aliphatic rings. The number of fused-ring (bicyclic) bond motifs is 1. The molecule has 8 heavy (non-hydrogen) atoms. The van der Waals surface area contributed by atoms with Crippen LogP contribution < -0.4 is 5.32 Å². The van der Waals surface area contributed by atoms with Gasteiger partial charge in [0.05, 0.1) is 6.17 Å². The summed E-state index contributed by atoms with van der Waals surface area (Å²) >= 11 is 0. The molecule has 2 heteroatoms. The van der Waals surface area contributed by atoms with Crippen molar-refractivity contribution in [3.63, 3.8) is 0 Å². The van der Waals surface area contributed by atoms with Crippen LogP contribution in [0.3, 0.4) is 0 Å². The maximum absolute atomic E-state index is 3.43. The third kappa shape index (κ3) is 0.501. The van der Waals surface area contributed by atoms with E-state index in [9.17, 15) is 0 Å². The van der Waals surface area contributed by atoms with Gasteiger partial charge in [-0.15, -0.1) is 0 Å². The van der Waals surface area contributed by atoms with Crippen molar-refractivity contribution in [3.05, 3.63) is 0 Å². The number of nitrogens with one attached hydrogen (secondary N) is 1. The van der Waals surface area contributed by atoms with Crippen LogP contribution in [0.5, 0.6) is 0 Å². The zero-order valence-electron chi connectivity index (χ0n) is 5.22. The molecule has 1 N–H and O–H groups in total. The van der Waals surface area contributed by atoms with Gasteiger partial charge >= 0.3 is 0 Å². The van der Waals surface area contributed by atoms with Crippen molar-refractivity contribution in [2.24, 2.45) is 0 Å². The standard InChI is InChI=1S/C6H12N2/c1-2-6-7-3-5-4-8(5)6/h5-7H,2-4H2,1H3. The van der Waals surface area contributed by atoms with E-state index in [0.29, 0.717) is 0 Å². The number of hydrogen-bond donors (Lipinski definition) is 1. The fourth-order valence-corrected chi connectivity index (χ4v) is 1.53. The molecule has 0 bridgehead atoms. The van der Waals surface area contributed by atoms with Crippen LogP contribution in [-0.4, -0.2) is 30.2 Å². The molecule has 0 aromatic carbocycles. The Bertz CT molecular complexity index is 103. The molecule has 2 saturated heterocycles. The maximum Gasteiger partial charge on any atom is 0.0599 e. The fraction of sp³-hybridized carbons (Fsp3) is 1.00. The molecule has 0 spiro atoms. The van der Waals surface area contributed by atoms with Crippen LogP contribution in [0.15, 0.2) is 0 Å². The summed E-state index contributed by atoms with van der Waals surface area (Å²) in [7, 11) is 0. The lowest BCUT2D eigenvalue weighted by atomic mass is 10.4. The second kappa shape index (κ2) is 1.45. The first-order valence-corrected chi connectivity index (χ1v) is 3.41. The molecule has 0 saturated carbocycles. The van der Waals surface area contributed by atoms with Crippen LogP contribution in [0.1, 0.15) is 13.3 Å². The molecule has 2 rings (SSSR count). The van der Waals surface area contributed by atoms with Gasteiger partial charge in [-0.25, -0.2) is 0 Å². The van der Waals surface area contributed by atoms with Crippen LogP contribution >= 0.6 is 0 Å². The van der Waals surface area contributed by atoms with E-state index in [0.717, 1.165) is 12.2 Å². The first kappa shape index (κ1) is 4.77. The molecule has 0 amide bonds. The average molecular weight is 112 g/mol. The molecule has 0 aliphatic carbocycles. The number of rotatable bonds is 1. The molecular weight excluding hydrogens is 100 g/mol. The predicted octanol–water partition coefficient (Wildman–Crippen LogP) is 0.00990. The van der Waals surface area contributed by atoms with E-state index in [-0.39, 0.29) is 0 Å². The quantitative estimate of drug-likeness (QED) is 0.481. The van der Waals surface area contributed by atoms with Gasteiger partial charge in [0.2, 0.25) is 0 Å². The third-order valence-electron chi connectivity index (χ3n) is 2.13. The van der Waals surface area contributed by atoms with Crippen LogP contribution in [-0.2, 0) is 0 Å². The molecule has 0 aromatic rings. The normalized spacial score (nSPS) is 51.4. The zero-order chi connectivity index (χ0) is 5.56.